The monoisotopic (exact) mass is 327 g/mol. The highest BCUT2D eigenvalue weighted by molar-refractivity contribution is 5.83. The van der Waals surface area contributed by atoms with Gasteiger partial charge in [0, 0.05) is 24.8 Å². The van der Waals surface area contributed by atoms with Gasteiger partial charge in [-0.05, 0) is 64.7 Å². The van der Waals surface area contributed by atoms with E-state index in [1.165, 1.54) is 22.3 Å². The van der Waals surface area contributed by atoms with E-state index in [4.69, 9.17) is 0 Å². The summed E-state index contributed by atoms with van der Waals surface area (Å²) in [5.74, 6) is -0.115. The van der Waals surface area contributed by atoms with Crippen LogP contribution in [0.5, 0.6) is 0 Å². The molecule has 4 heteroatoms. The molecule has 2 aromatic rings. The van der Waals surface area contributed by atoms with E-state index in [1.807, 2.05) is 32.5 Å². The molecule has 1 N–H and O–H groups in total. The van der Waals surface area contributed by atoms with Crippen molar-refractivity contribution < 1.29 is 4.79 Å². The second-order valence-electron chi connectivity index (χ2n) is 6.85. The fourth-order valence-electron chi connectivity index (χ4n) is 3.62. The third-order valence-electron chi connectivity index (χ3n) is 4.91. The summed E-state index contributed by atoms with van der Waals surface area (Å²) in [6, 6.07) is 4.41. The molecular formula is C20H29N3O. The zero-order chi connectivity index (χ0) is 18.0. The molecule has 24 heavy (non-hydrogen) atoms. The number of hydrogen-bond donors (Lipinski definition) is 1. The summed E-state index contributed by atoms with van der Waals surface area (Å²) in [4.78, 5) is 12.5. The van der Waals surface area contributed by atoms with Gasteiger partial charge in [-0.3, -0.25) is 9.48 Å². The molecule has 0 aliphatic rings. The average Bonchev–Trinajstić information content (AvgIpc) is 2.73. The van der Waals surface area contributed by atoms with Crippen molar-refractivity contribution in [3.05, 3.63) is 51.3 Å². The van der Waals surface area contributed by atoms with Gasteiger partial charge in [-0.15, -0.1) is 0 Å². The molecule has 0 saturated carbocycles. The summed E-state index contributed by atoms with van der Waals surface area (Å²) in [6.07, 6.45) is 0.863. The Hall–Kier alpha value is -2.10. The zero-order valence-corrected chi connectivity index (χ0v) is 15.9. The van der Waals surface area contributed by atoms with Gasteiger partial charge in [-0.2, -0.15) is 5.10 Å². The van der Waals surface area contributed by atoms with Gasteiger partial charge < -0.3 is 5.32 Å². The number of rotatable bonds is 5. The molecule has 1 aromatic carbocycles. The zero-order valence-electron chi connectivity index (χ0n) is 15.9. The van der Waals surface area contributed by atoms with Crippen LogP contribution < -0.4 is 5.32 Å². The molecule has 1 aromatic heterocycles. The number of nitrogens with zero attached hydrogens (tertiary/aromatic N) is 2. The first kappa shape index (κ1) is 18.2. The maximum Gasteiger partial charge on any atom is 0.227 e. The molecule has 0 unspecified atom stereocenters. The summed E-state index contributed by atoms with van der Waals surface area (Å²) in [7, 11) is 1.92. The van der Waals surface area contributed by atoms with E-state index in [9.17, 15) is 4.79 Å². The van der Waals surface area contributed by atoms with Gasteiger partial charge >= 0.3 is 0 Å². The predicted octanol–water partition coefficient (Wildman–Crippen LogP) is 3.42. The van der Waals surface area contributed by atoms with Crippen LogP contribution in [0.1, 0.15) is 52.0 Å². The molecule has 2 rings (SSSR count). The topological polar surface area (TPSA) is 46.9 Å². The Morgan fingerprint density at radius 2 is 1.75 bits per heavy atom. The number of nitrogens with one attached hydrogen (secondary N) is 1. The molecule has 0 aliphatic carbocycles. The Morgan fingerprint density at radius 3 is 2.25 bits per heavy atom. The van der Waals surface area contributed by atoms with Gasteiger partial charge in [-0.1, -0.05) is 17.7 Å². The molecule has 130 valence electrons. The van der Waals surface area contributed by atoms with E-state index in [0.717, 1.165) is 23.4 Å². The summed E-state index contributed by atoms with van der Waals surface area (Å²) in [5.41, 5.74) is 8.25. The van der Waals surface area contributed by atoms with Crippen LogP contribution in [0.3, 0.4) is 0 Å². The van der Waals surface area contributed by atoms with E-state index >= 15 is 0 Å². The molecular weight excluding hydrogens is 298 g/mol. The maximum absolute atomic E-state index is 12.5. The van der Waals surface area contributed by atoms with Gasteiger partial charge in [0.15, 0.2) is 0 Å². The summed E-state index contributed by atoms with van der Waals surface area (Å²) < 4.78 is 1.84. The third kappa shape index (κ3) is 3.69. The molecule has 0 bridgehead atoms. The highest BCUT2D eigenvalue weighted by Gasteiger charge is 2.22. The van der Waals surface area contributed by atoms with Gasteiger partial charge in [0.2, 0.25) is 5.91 Å². The van der Waals surface area contributed by atoms with Crippen molar-refractivity contribution in [3.8, 4) is 0 Å². The van der Waals surface area contributed by atoms with E-state index in [2.05, 4.69) is 43.3 Å². The van der Waals surface area contributed by atoms with Gasteiger partial charge in [-0.25, -0.2) is 0 Å². The van der Waals surface area contributed by atoms with Crippen LogP contribution in [-0.2, 0) is 18.3 Å². The SMILES string of the molecule is Cc1cc(C)c(CCNC(=O)[C@@H](C)c2c(C)nn(C)c2C)c(C)c1. The molecule has 0 fully saturated rings. The minimum atomic E-state index is -0.182. The molecule has 0 spiro atoms. The number of amides is 1. The normalized spacial score (nSPS) is 12.3. The minimum Gasteiger partial charge on any atom is -0.355 e. The van der Waals surface area contributed by atoms with E-state index < -0.39 is 0 Å². The first-order valence-corrected chi connectivity index (χ1v) is 8.57. The molecule has 1 atom stereocenters. The number of carbonyl (C=O) groups is 1. The first-order chi connectivity index (χ1) is 11.2. The summed E-state index contributed by atoms with van der Waals surface area (Å²) in [5, 5.41) is 7.50. The van der Waals surface area contributed by atoms with Crippen LogP contribution in [0.25, 0.3) is 0 Å². The minimum absolute atomic E-state index is 0.0663. The quantitative estimate of drug-likeness (QED) is 0.914. The fraction of sp³-hybridized carbons (Fsp3) is 0.500. The summed E-state index contributed by atoms with van der Waals surface area (Å²) >= 11 is 0. The van der Waals surface area contributed by atoms with E-state index in [1.54, 1.807) is 0 Å². The number of carbonyl (C=O) groups excluding carboxylic acids is 1. The standard InChI is InChI=1S/C20H29N3O/c1-12-10-13(2)18(14(3)11-12)8-9-21-20(24)15(4)19-16(5)22-23(7)17(19)6/h10-11,15H,8-9H2,1-7H3,(H,21,24)/t15-/m0/s1. The fourth-order valence-corrected chi connectivity index (χ4v) is 3.62. The number of benzene rings is 1. The molecule has 1 amide bonds. The van der Waals surface area contributed by atoms with Crippen LogP contribution >= 0.6 is 0 Å². The molecule has 0 saturated heterocycles. The van der Waals surface area contributed by atoms with Crippen LogP contribution in [-0.4, -0.2) is 22.2 Å². The van der Waals surface area contributed by atoms with Crippen molar-refractivity contribution in [1.29, 1.82) is 0 Å². The van der Waals surface area contributed by atoms with Crippen LogP contribution in [0.2, 0.25) is 0 Å². The maximum atomic E-state index is 12.5. The van der Waals surface area contributed by atoms with Gasteiger partial charge in [0.05, 0.1) is 11.6 Å². The van der Waals surface area contributed by atoms with Crippen molar-refractivity contribution in [2.75, 3.05) is 6.54 Å². The lowest BCUT2D eigenvalue weighted by Gasteiger charge is -2.15. The van der Waals surface area contributed by atoms with Gasteiger partial charge in [0.25, 0.3) is 0 Å². The highest BCUT2D eigenvalue weighted by Crippen LogP contribution is 2.23. The molecule has 1 heterocycles. The van der Waals surface area contributed by atoms with Crippen molar-refractivity contribution in [2.45, 2.75) is 53.9 Å². The van der Waals surface area contributed by atoms with Gasteiger partial charge in [0.1, 0.15) is 0 Å². The lowest BCUT2D eigenvalue weighted by Crippen LogP contribution is -2.30. The highest BCUT2D eigenvalue weighted by atomic mass is 16.1. The largest absolute Gasteiger partial charge is 0.355 e. The Kier molecular flexibility index (Phi) is 5.47. The lowest BCUT2D eigenvalue weighted by molar-refractivity contribution is -0.122. The van der Waals surface area contributed by atoms with Crippen molar-refractivity contribution in [2.24, 2.45) is 7.05 Å². The Morgan fingerprint density at radius 1 is 1.17 bits per heavy atom. The second-order valence-corrected chi connectivity index (χ2v) is 6.85. The summed E-state index contributed by atoms with van der Waals surface area (Å²) in [6.45, 7) is 13.0. The number of aryl methyl sites for hydroxylation is 5. The van der Waals surface area contributed by atoms with Crippen molar-refractivity contribution >= 4 is 5.91 Å². The third-order valence-corrected chi connectivity index (χ3v) is 4.91. The number of aromatic nitrogens is 2. The van der Waals surface area contributed by atoms with E-state index in [0.29, 0.717) is 6.54 Å². The average molecular weight is 327 g/mol. The van der Waals surface area contributed by atoms with E-state index in [-0.39, 0.29) is 11.8 Å². The molecule has 4 nitrogen and oxygen atoms in total. The Balaban J connectivity index is 2.01. The van der Waals surface area contributed by atoms with Crippen LogP contribution in [0, 0.1) is 34.6 Å². The van der Waals surface area contributed by atoms with Crippen molar-refractivity contribution in [1.82, 2.24) is 15.1 Å². The molecule has 0 radical (unpaired) electrons. The smallest absolute Gasteiger partial charge is 0.227 e. The first-order valence-electron chi connectivity index (χ1n) is 8.57. The van der Waals surface area contributed by atoms with Crippen molar-refractivity contribution in [3.63, 3.8) is 0 Å². The number of hydrogen-bond acceptors (Lipinski definition) is 2. The van der Waals surface area contributed by atoms with Crippen LogP contribution in [0.15, 0.2) is 12.1 Å². The second kappa shape index (κ2) is 7.20. The lowest BCUT2D eigenvalue weighted by atomic mass is 9.96. The Bertz CT molecular complexity index is 735. The predicted molar refractivity (Wildman–Crippen MR) is 98.5 cm³/mol. The Labute approximate surface area is 145 Å². The van der Waals surface area contributed by atoms with Crippen LogP contribution in [0.4, 0.5) is 0 Å². The molecule has 0 aliphatic heterocycles.